The largest absolute Gasteiger partial charge is 0.481 e. The maximum atomic E-state index is 11.1. The SMILES string of the molecule is C[C@]1(c2ccc(Cl)c(Cl)c2)[C@H](C(=O)O)C1(Cl)Cl. The molecule has 1 aromatic carbocycles. The Kier molecular flexibility index (Phi) is 3.07. The van der Waals surface area contributed by atoms with Gasteiger partial charge in [-0.25, -0.2) is 0 Å². The van der Waals surface area contributed by atoms with Crippen molar-refractivity contribution in [1.29, 1.82) is 0 Å². The number of carboxylic acid groups (broad SMARTS) is 1. The maximum Gasteiger partial charge on any atom is 0.310 e. The second-order valence-electron chi connectivity index (χ2n) is 4.23. The lowest BCUT2D eigenvalue weighted by atomic mass is 9.95. The zero-order chi connectivity index (χ0) is 13.0. The Bertz CT molecular complexity index is 500. The number of benzene rings is 1. The zero-order valence-electron chi connectivity index (χ0n) is 8.68. The van der Waals surface area contributed by atoms with Crippen LogP contribution in [0.2, 0.25) is 10.0 Å². The number of rotatable bonds is 2. The van der Waals surface area contributed by atoms with Gasteiger partial charge in [-0.3, -0.25) is 4.79 Å². The molecule has 1 aliphatic carbocycles. The second kappa shape index (κ2) is 3.92. The van der Waals surface area contributed by atoms with Gasteiger partial charge in [0.25, 0.3) is 0 Å². The minimum atomic E-state index is -1.32. The lowest BCUT2D eigenvalue weighted by molar-refractivity contribution is -0.139. The third-order valence-electron chi connectivity index (χ3n) is 3.32. The van der Waals surface area contributed by atoms with Crippen molar-refractivity contribution in [1.82, 2.24) is 0 Å². The topological polar surface area (TPSA) is 37.3 Å². The van der Waals surface area contributed by atoms with Crippen molar-refractivity contribution >= 4 is 52.4 Å². The molecule has 1 N–H and O–H groups in total. The summed E-state index contributed by atoms with van der Waals surface area (Å²) in [6, 6.07) is 4.90. The quantitative estimate of drug-likeness (QED) is 0.833. The van der Waals surface area contributed by atoms with Gasteiger partial charge in [0.2, 0.25) is 0 Å². The molecule has 0 aliphatic heterocycles. The Morgan fingerprint density at radius 1 is 1.29 bits per heavy atom. The summed E-state index contributed by atoms with van der Waals surface area (Å²) < 4.78 is -1.32. The van der Waals surface area contributed by atoms with Gasteiger partial charge < -0.3 is 5.11 Å². The first-order valence-electron chi connectivity index (χ1n) is 4.79. The summed E-state index contributed by atoms with van der Waals surface area (Å²) in [6.45, 7) is 1.70. The highest BCUT2D eigenvalue weighted by Gasteiger charge is 2.77. The van der Waals surface area contributed by atoms with E-state index in [4.69, 9.17) is 51.5 Å². The highest BCUT2D eigenvalue weighted by atomic mass is 35.5. The van der Waals surface area contributed by atoms with E-state index < -0.39 is 21.6 Å². The van der Waals surface area contributed by atoms with E-state index >= 15 is 0 Å². The third kappa shape index (κ3) is 1.74. The molecule has 0 bridgehead atoms. The molecule has 0 spiro atoms. The van der Waals surface area contributed by atoms with Gasteiger partial charge >= 0.3 is 5.97 Å². The Labute approximate surface area is 118 Å². The van der Waals surface area contributed by atoms with Crippen LogP contribution in [0.1, 0.15) is 12.5 Å². The number of halogens is 4. The summed E-state index contributed by atoms with van der Waals surface area (Å²) in [4.78, 5) is 11.1. The van der Waals surface area contributed by atoms with E-state index in [-0.39, 0.29) is 0 Å². The predicted molar refractivity (Wildman–Crippen MR) is 69.4 cm³/mol. The molecule has 1 saturated carbocycles. The summed E-state index contributed by atoms with van der Waals surface area (Å²) >= 11 is 23.8. The van der Waals surface area contributed by atoms with Crippen LogP contribution < -0.4 is 0 Å². The van der Waals surface area contributed by atoms with Gasteiger partial charge in [-0.2, -0.15) is 0 Å². The fourth-order valence-corrected chi connectivity index (χ4v) is 3.36. The Hall–Kier alpha value is -0.150. The van der Waals surface area contributed by atoms with E-state index in [9.17, 15) is 4.79 Å². The van der Waals surface area contributed by atoms with E-state index in [1.807, 2.05) is 0 Å². The molecule has 92 valence electrons. The lowest BCUT2D eigenvalue weighted by Gasteiger charge is -2.13. The summed E-state index contributed by atoms with van der Waals surface area (Å²) in [7, 11) is 0. The molecule has 1 aromatic rings. The number of aliphatic carboxylic acids is 1. The normalized spacial score (nSPS) is 30.1. The second-order valence-corrected chi connectivity index (χ2v) is 6.43. The fourth-order valence-electron chi connectivity index (χ4n) is 2.11. The van der Waals surface area contributed by atoms with Crippen LogP contribution in [-0.4, -0.2) is 15.4 Å². The first kappa shape index (κ1) is 13.3. The molecular formula is C11H8Cl4O2. The highest BCUT2D eigenvalue weighted by molar-refractivity contribution is 6.54. The van der Waals surface area contributed by atoms with Crippen LogP contribution in [0.4, 0.5) is 0 Å². The fraction of sp³-hybridized carbons (Fsp3) is 0.364. The monoisotopic (exact) mass is 312 g/mol. The number of carbonyl (C=O) groups is 1. The van der Waals surface area contributed by atoms with E-state index in [2.05, 4.69) is 0 Å². The maximum absolute atomic E-state index is 11.1. The molecule has 0 radical (unpaired) electrons. The van der Waals surface area contributed by atoms with Crippen molar-refractivity contribution in [3.8, 4) is 0 Å². The average molecular weight is 314 g/mol. The molecule has 6 heteroatoms. The van der Waals surface area contributed by atoms with E-state index in [1.165, 1.54) is 0 Å². The minimum absolute atomic E-state index is 0.352. The molecule has 1 fully saturated rings. The Morgan fingerprint density at radius 3 is 2.29 bits per heavy atom. The van der Waals surface area contributed by atoms with Gasteiger partial charge in [-0.05, 0) is 17.7 Å². The predicted octanol–water partition coefficient (Wildman–Crippen LogP) is 4.14. The number of alkyl halides is 2. The van der Waals surface area contributed by atoms with Crippen LogP contribution in [0.3, 0.4) is 0 Å². The minimum Gasteiger partial charge on any atom is -0.481 e. The van der Waals surface area contributed by atoms with E-state index in [1.54, 1.807) is 25.1 Å². The molecule has 17 heavy (non-hydrogen) atoms. The van der Waals surface area contributed by atoms with Crippen LogP contribution >= 0.6 is 46.4 Å². The van der Waals surface area contributed by atoms with Crippen LogP contribution in [0.5, 0.6) is 0 Å². The van der Waals surface area contributed by atoms with Gasteiger partial charge in [-0.1, -0.05) is 59.4 Å². The Balaban J connectivity index is 2.47. The highest BCUT2D eigenvalue weighted by Crippen LogP contribution is 2.69. The van der Waals surface area contributed by atoms with Crippen LogP contribution in [0, 0.1) is 5.92 Å². The molecule has 0 saturated heterocycles. The van der Waals surface area contributed by atoms with Crippen molar-refractivity contribution in [3.63, 3.8) is 0 Å². The molecule has 0 aromatic heterocycles. The van der Waals surface area contributed by atoms with Crippen molar-refractivity contribution in [2.45, 2.75) is 16.7 Å². The zero-order valence-corrected chi connectivity index (χ0v) is 11.7. The first-order chi connectivity index (χ1) is 7.73. The molecule has 0 unspecified atom stereocenters. The van der Waals surface area contributed by atoms with Crippen molar-refractivity contribution in [2.75, 3.05) is 0 Å². The number of carboxylic acids is 1. The van der Waals surface area contributed by atoms with Gasteiger partial charge in [0.1, 0.15) is 10.3 Å². The molecule has 0 amide bonds. The summed E-state index contributed by atoms with van der Waals surface area (Å²) in [5.41, 5.74) is -0.180. The summed E-state index contributed by atoms with van der Waals surface area (Å²) in [5, 5.41) is 9.84. The smallest absolute Gasteiger partial charge is 0.310 e. The van der Waals surface area contributed by atoms with Crippen molar-refractivity contribution in [2.24, 2.45) is 5.92 Å². The summed E-state index contributed by atoms with van der Waals surface area (Å²) in [5.74, 6) is -1.88. The molecule has 2 atom stereocenters. The molecule has 1 aliphatic rings. The molecule has 2 nitrogen and oxygen atoms in total. The number of hydrogen-bond donors (Lipinski definition) is 1. The van der Waals surface area contributed by atoms with Gasteiger partial charge in [0.15, 0.2) is 0 Å². The molecule has 0 heterocycles. The van der Waals surface area contributed by atoms with Gasteiger partial charge in [0.05, 0.1) is 10.0 Å². The van der Waals surface area contributed by atoms with Crippen LogP contribution in [0.15, 0.2) is 18.2 Å². The third-order valence-corrected chi connectivity index (χ3v) is 5.28. The van der Waals surface area contributed by atoms with Gasteiger partial charge in [-0.15, -0.1) is 0 Å². The number of hydrogen-bond acceptors (Lipinski definition) is 1. The van der Waals surface area contributed by atoms with Crippen LogP contribution in [-0.2, 0) is 10.2 Å². The first-order valence-corrected chi connectivity index (χ1v) is 6.30. The average Bonchev–Trinajstić information content (AvgIpc) is 2.66. The van der Waals surface area contributed by atoms with Crippen molar-refractivity contribution < 1.29 is 9.90 Å². The van der Waals surface area contributed by atoms with E-state index in [0.717, 1.165) is 0 Å². The lowest BCUT2D eigenvalue weighted by Crippen LogP contribution is -2.12. The Morgan fingerprint density at radius 2 is 1.88 bits per heavy atom. The standard InChI is InChI=1S/C11H8Cl4O2/c1-10(8(9(16)17)11(10,14)15)5-2-3-6(12)7(13)4-5/h2-4,8H,1H3,(H,16,17)/t8-,10-/m0/s1. The summed E-state index contributed by atoms with van der Waals surface area (Å²) in [6.07, 6.45) is 0. The van der Waals surface area contributed by atoms with Gasteiger partial charge in [0, 0.05) is 5.41 Å². The molecule has 2 rings (SSSR count). The van der Waals surface area contributed by atoms with Crippen LogP contribution in [0.25, 0.3) is 0 Å². The van der Waals surface area contributed by atoms with E-state index in [0.29, 0.717) is 15.6 Å². The molecular weight excluding hydrogens is 306 g/mol. The van der Waals surface area contributed by atoms with Crippen molar-refractivity contribution in [3.05, 3.63) is 33.8 Å².